The fourth-order valence-corrected chi connectivity index (χ4v) is 3.04. The van der Waals surface area contributed by atoms with E-state index in [1.54, 1.807) is 31.3 Å². The average molecular weight is 286 g/mol. The van der Waals surface area contributed by atoms with Crippen LogP contribution in [0.25, 0.3) is 0 Å². The number of nitrogens with two attached hydrogens (primary N) is 1. The van der Waals surface area contributed by atoms with Crippen LogP contribution in [0.4, 0.5) is 0 Å². The van der Waals surface area contributed by atoms with Crippen molar-refractivity contribution in [1.82, 2.24) is 4.31 Å². The second-order valence-corrected chi connectivity index (χ2v) is 6.51. The van der Waals surface area contributed by atoms with Gasteiger partial charge in [-0.05, 0) is 37.0 Å². The molecule has 0 aliphatic heterocycles. The van der Waals surface area contributed by atoms with Gasteiger partial charge >= 0.3 is 0 Å². The molecule has 0 saturated heterocycles. The van der Waals surface area contributed by atoms with E-state index in [0.29, 0.717) is 19.5 Å². The zero-order valence-corrected chi connectivity index (χ0v) is 12.1. The maximum absolute atomic E-state index is 12.3. The Bertz CT molecular complexity index is 488. The molecular weight excluding hydrogens is 264 g/mol. The van der Waals surface area contributed by atoms with E-state index in [9.17, 15) is 8.42 Å². The van der Waals surface area contributed by atoms with Crippen molar-refractivity contribution < 1.29 is 13.5 Å². The molecule has 5 nitrogen and oxygen atoms in total. The van der Waals surface area contributed by atoms with E-state index in [4.69, 9.17) is 10.8 Å². The quantitative estimate of drug-likeness (QED) is 0.696. The Morgan fingerprint density at radius 2 is 2.00 bits per heavy atom. The summed E-state index contributed by atoms with van der Waals surface area (Å²) in [6.45, 7) is 0.924. The van der Waals surface area contributed by atoms with Crippen molar-refractivity contribution >= 4 is 10.0 Å². The number of sulfonamides is 1. The van der Waals surface area contributed by atoms with E-state index in [2.05, 4.69) is 0 Å². The topological polar surface area (TPSA) is 83.6 Å². The normalized spacial score (nSPS) is 12.0. The zero-order chi connectivity index (χ0) is 14.3. The maximum Gasteiger partial charge on any atom is 0.242 e. The standard InChI is InChI=1S/C13H22N2O3S/c1-15(8-3-2-4-9-16)19(17,18)13-7-5-6-12(10-13)11-14/h5-7,10,16H,2-4,8-9,11,14H2,1H3. The summed E-state index contributed by atoms with van der Waals surface area (Å²) in [4.78, 5) is 0.278. The first-order chi connectivity index (χ1) is 9.02. The van der Waals surface area contributed by atoms with Crippen LogP contribution in [0.15, 0.2) is 29.2 Å². The first-order valence-electron chi connectivity index (χ1n) is 6.38. The molecule has 0 unspecified atom stereocenters. The van der Waals surface area contributed by atoms with Crippen LogP contribution in [0.1, 0.15) is 24.8 Å². The van der Waals surface area contributed by atoms with Gasteiger partial charge in [0.2, 0.25) is 10.0 Å². The Labute approximate surface area is 115 Å². The van der Waals surface area contributed by atoms with Crippen LogP contribution in [0.2, 0.25) is 0 Å². The van der Waals surface area contributed by atoms with Crippen LogP contribution in [0.3, 0.4) is 0 Å². The van der Waals surface area contributed by atoms with Crippen molar-refractivity contribution in [3.63, 3.8) is 0 Å². The monoisotopic (exact) mass is 286 g/mol. The highest BCUT2D eigenvalue weighted by atomic mass is 32.2. The summed E-state index contributed by atoms with van der Waals surface area (Å²) in [6, 6.07) is 6.70. The van der Waals surface area contributed by atoms with E-state index >= 15 is 0 Å². The molecule has 0 fully saturated rings. The molecule has 0 aromatic heterocycles. The van der Waals surface area contributed by atoms with Gasteiger partial charge in [0, 0.05) is 26.7 Å². The molecule has 0 radical (unpaired) electrons. The van der Waals surface area contributed by atoms with Crippen molar-refractivity contribution in [1.29, 1.82) is 0 Å². The first kappa shape index (κ1) is 16.1. The number of aliphatic hydroxyl groups is 1. The van der Waals surface area contributed by atoms with Crippen LogP contribution in [-0.4, -0.2) is 38.0 Å². The average Bonchev–Trinajstić information content (AvgIpc) is 2.43. The molecule has 1 aromatic rings. The van der Waals surface area contributed by atoms with Gasteiger partial charge in [-0.3, -0.25) is 0 Å². The van der Waals surface area contributed by atoms with E-state index in [1.807, 2.05) is 0 Å². The molecular formula is C13H22N2O3S. The molecule has 0 heterocycles. The molecule has 0 aliphatic rings. The van der Waals surface area contributed by atoms with Gasteiger partial charge in [0.15, 0.2) is 0 Å². The smallest absolute Gasteiger partial charge is 0.242 e. The van der Waals surface area contributed by atoms with Gasteiger partial charge in [0.1, 0.15) is 0 Å². The van der Waals surface area contributed by atoms with Gasteiger partial charge < -0.3 is 10.8 Å². The molecule has 0 aliphatic carbocycles. The lowest BCUT2D eigenvalue weighted by Crippen LogP contribution is -2.28. The Hall–Kier alpha value is -0.950. The Morgan fingerprint density at radius 1 is 1.26 bits per heavy atom. The van der Waals surface area contributed by atoms with E-state index in [0.717, 1.165) is 18.4 Å². The highest BCUT2D eigenvalue weighted by Crippen LogP contribution is 2.16. The van der Waals surface area contributed by atoms with Gasteiger partial charge in [-0.1, -0.05) is 12.1 Å². The van der Waals surface area contributed by atoms with Crippen LogP contribution in [0.5, 0.6) is 0 Å². The van der Waals surface area contributed by atoms with Gasteiger partial charge in [0.25, 0.3) is 0 Å². The third-order valence-corrected chi connectivity index (χ3v) is 4.83. The van der Waals surface area contributed by atoms with Gasteiger partial charge in [0.05, 0.1) is 4.90 Å². The van der Waals surface area contributed by atoms with Crippen LogP contribution >= 0.6 is 0 Å². The lowest BCUT2D eigenvalue weighted by Gasteiger charge is -2.17. The van der Waals surface area contributed by atoms with E-state index < -0.39 is 10.0 Å². The molecule has 6 heteroatoms. The molecule has 0 bridgehead atoms. The number of nitrogens with zero attached hydrogens (tertiary/aromatic N) is 1. The number of aliphatic hydroxyl groups excluding tert-OH is 1. The Kier molecular flexibility index (Phi) is 6.44. The van der Waals surface area contributed by atoms with Crippen molar-refractivity contribution in [2.24, 2.45) is 5.73 Å². The van der Waals surface area contributed by atoms with Crippen molar-refractivity contribution in [3.05, 3.63) is 29.8 Å². The van der Waals surface area contributed by atoms with Crippen molar-refractivity contribution in [2.45, 2.75) is 30.7 Å². The highest BCUT2D eigenvalue weighted by Gasteiger charge is 2.20. The first-order valence-corrected chi connectivity index (χ1v) is 7.82. The second-order valence-electron chi connectivity index (χ2n) is 4.46. The third kappa shape index (κ3) is 4.58. The third-order valence-electron chi connectivity index (χ3n) is 2.97. The van der Waals surface area contributed by atoms with Crippen molar-refractivity contribution in [3.8, 4) is 0 Å². The van der Waals surface area contributed by atoms with E-state index in [-0.39, 0.29) is 11.5 Å². The van der Waals surface area contributed by atoms with Crippen LogP contribution in [-0.2, 0) is 16.6 Å². The number of unbranched alkanes of at least 4 members (excludes halogenated alkanes) is 2. The van der Waals surface area contributed by atoms with Crippen molar-refractivity contribution in [2.75, 3.05) is 20.2 Å². The predicted molar refractivity (Wildman–Crippen MR) is 75.1 cm³/mol. The minimum atomic E-state index is -3.44. The van der Waals surface area contributed by atoms with Crippen LogP contribution in [0, 0.1) is 0 Å². The van der Waals surface area contributed by atoms with Crippen LogP contribution < -0.4 is 5.73 Å². The molecule has 1 aromatic carbocycles. The summed E-state index contributed by atoms with van der Waals surface area (Å²) in [6.07, 6.45) is 2.27. The molecule has 108 valence electrons. The van der Waals surface area contributed by atoms with Gasteiger partial charge in [-0.25, -0.2) is 12.7 Å². The molecule has 19 heavy (non-hydrogen) atoms. The van der Waals surface area contributed by atoms with Gasteiger partial charge in [-0.15, -0.1) is 0 Å². The minimum Gasteiger partial charge on any atom is -0.396 e. The number of benzene rings is 1. The maximum atomic E-state index is 12.3. The molecule has 0 spiro atoms. The number of rotatable bonds is 8. The summed E-state index contributed by atoms with van der Waals surface area (Å²) < 4.78 is 25.9. The summed E-state index contributed by atoms with van der Waals surface area (Å²) in [5, 5.41) is 8.68. The molecule has 1 rings (SSSR count). The lowest BCUT2D eigenvalue weighted by atomic mass is 10.2. The molecule has 0 amide bonds. The second kappa shape index (κ2) is 7.59. The molecule has 0 saturated carbocycles. The highest BCUT2D eigenvalue weighted by molar-refractivity contribution is 7.89. The summed E-state index contributed by atoms with van der Waals surface area (Å²) in [5.41, 5.74) is 6.32. The SMILES string of the molecule is CN(CCCCCO)S(=O)(=O)c1cccc(CN)c1. The summed E-state index contributed by atoms with van der Waals surface area (Å²) in [7, 11) is -1.87. The Balaban J connectivity index is 2.73. The molecule has 3 N–H and O–H groups in total. The largest absolute Gasteiger partial charge is 0.396 e. The number of hydrogen-bond acceptors (Lipinski definition) is 4. The fraction of sp³-hybridized carbons (Fsp3) is 0.538. The Morgan fingerprint density at radius 3 is 2.63 bits per heavy atom. The zero-order valence-electron chi connectivity index (χ0n) is 11.2. The summed E-state index contributed by atoms with van der Waals surface area (Å²) in [5.74, 6) is 0. The summed E-state index contributed by atoms with van der Waals surface area (Å²) >= 11 is 0. The predicted octanol–water partition coefficient (Wildman–Crippen LogP) is 0.928. The number of hydrogen-bond donors (Lipinski definition) is 2. The fourth-order valence-electron chi connectivity index (χ4n) is 1.76. The minimum absolute atomic E-state index is 0.148. The lowest BCUT2D eigenvalue weighted by molar-refractivity contribution is 0.281. The van der Waals surface area contributed by atoms with Gasteiger partial charge in [-0.2, -0.15) is 0 Å². The van der Waals surface area contributed by atoms with E-state index in [1.165, 1.54) is 4.31 Å². The molecule has 0 atom stereocenters.